The highest BCUT2D eigenvalue weighted by Crippen LogP contribution is 2.30. The summed E-state index contributed by atoms with van der Waals surface area (Å²) in [5.41, 5.74) is 0.458. The minimum Gasteiger partial charge on any atom is -0.337 e. The number of nitrogens with one attached hydrogen (secondary N) is 1. The monoisotopic (exact) mass is 452 g/mol. The maximum Gasteiger partial charge on any atom is 0.243 e. The first-order valence-corrected chi connectivity index (χ1v) is 12.2. The molecule has 2 heterocycles. The van der Waals surface area contributed by atoms with E-state index in [2.05, 4.69) is 15.5 Å². The Morgan fingerprint density at radius 2 is 2.14 bits per heavy atom. The molecule has 0 aliphatic heterocycles. The van der Waals surface area contributed by atoms with Crippen LogP contribution in [0.25, 0.3) is 10.7 Å². The number of hydrogen-bond acceptors (Lipinski definition) is 8. The van der Waals surface area contributed by atoms with Gasteiger partial charge in [-0.25, -0.2) is 8.42 Å². The predicted octanol–water partition coefficient (Wildman–Crippen LogP) is 3.69. The predicted molar refractivity (Wildman–Crippen MR) is 113 cm³/mol. The fourth-order valence-corrected chi connectivity index (χ4v) is 5.23. The van der Waals surface area contributed by atoms with Gasteiger partial charge in [-0.2, -0.15) is 9.29 Å². The number of thioether (sulfide) groups is 1. The van der Waals surface area contributed by atoms with E-state index in [9.17, 15) is 13.2 Å². The van der Waals surface area contributed by atoms with Crippen molar-refractivity contribution in [2.45, 2.75) is 30.2 Å². The first-order chi connectivity index (χ1) is 13.8. The first kappa shape index (κ1) is 21.5. The number of rotatable bonds is 8. The highest BCUT2D eigenvalue weighted by atomic mass is 32.2. The third-order valence-electron chi connectivity index (χ3n) is 3.99. The summed E-state index contributed by atoms with van der Waals surface area (Å²) in [6.07, 6.45) is 1.86. The molecule has 0 bridgehead atoms. The van der Waals surface area contributed by atoms with Crippen LogP contribution >= 0.6 is 23.1 Å². The number of carbonyl (C=O) groups is 1. The van der Waals surface area contributed by atoms with Crippen molar-refractivity contribution in [1.29, 1.82) is 0 Å². The second-order valence-electron chi connectivity index (χ2n) is 5.96. The molecule has 0 unspecified atom stereocenters. The van der Waals surface area contributed by atoms with Crippen molar-refractivity contribution >= 4 is 44.7 Å². The third-order valence-corrected chi connectivity index (χ3v) is 7.57. The molecule has 8 nitrogen and oxygen atoms in total. The van der Waals surface area contributed by atoms with Crippen LogP contribution in [0.15, 0.2) is 50.0 Å². The average molecular weight is 453 g/mol. The topological polar surface area (TPSA) is 105 Å². The maximum atomic E-state index is 13.2. The van der Waals surface area contributed by atoms with Crippen molar-refractivity contribution in [3.63, 3.8) is 0 Å². The number of anilines is 1. The van der Waals surface area contributed by atoms with Crippen molar-refractivity contribution < 1.29 is 17.7 Å². The minimum absolute atomic E-state index is 0.0447. The van der Waals surface area contributed by atoms with Crippen molar-refractivity contribution in [3.05, 3.63) is 41.6 Å². The van der Waals surface area contributed by atoms with E-state index in [-0.39, 0.29) is 29.8 Å². The van der Waals surface area contributed by atoms with Crippen LogP contribution in [0.1, 0.15) is 19.7 Å². The molecule has 0 fully saturated rings. The summed E-state index contributed by atoms with van der Waals surface area (Å²) in [5, 5.41) is 8.50. The van der Waals surface area contributed by atoms with E-state index in [0.29, 0.717) is 11.5 Å². The molecule has 0 spiro atoms. The van der Waals surface area contributed by atoms with Crippen LogP contribution in [0.4, 0.5) is 5.69 Å². The second-order valence-corrected chi connectivity index (χ2v) is 9.70. The number of benzene rings is 1. The fraction of sp³-hybridized carbons (Fsp3) is 0.278. The van der Waals surface area contributed by atoms with E-state index in [1.165, 1.54) is 46.5 Å². The molecule has 0 aliphatic rings. The Labute approximate surface area is 177 Å². The number of nitrogens with zero attached hydrogens (tertiary/aromatic N) is 3. The Morgan fingerprint density at radius 3 is 2.76 bits per heavy atom. The molecule has 3 aromatic rings. The molecule has 3 rings (SSSR count). The lowest BCUT2D eigenvalue weighted by molar-refractivity contribution is -0.114. The molecule has 0 saturated carbocycles. The van der Waals surface area contributed by atoms with Gasteiger partial charge in [-0.3, -0.25) is 4.79 Å². The van der Waals surface area contributed by atoms with E-state index in [1.807, 2.05) is 23.8 Å². The van der Waals surface area contributed by atoms with Crippen LogP contribution < -0.4 is 5.32 Å². The molecule has 0 atom stereocenters. The van der Waals surface area contributed by atoms with E-state index < -0.39 is 10.0 Å². The van der Waals surface area contributed by atoms with Crippen LogP contribution in [0, 0.1) is 0 Å². The van der Waals surface area contributed by atoms with Gasteiger partial charge in [-0.1, -0.05) is 18.1 Å². The zero-order valence-electron chi connectivity index (χ0n) is 16.1. The molecule has 1 amide bonds. The molecule has 0 saturated heterocycles. The minimum atomic E-state index is -3.83. The largest absolute Gasteiger partial charge is 0.337 e. The van der Waals surface area contributed by atoms with Gasteiger partial charge in [0.05, 0.1) is 22.0 Å². The molecule has 1 aromatic carbocycles. The highest BCUT2D eigenvalue weighted by molar-refractivity contribution is 7.98. The van der Waals surface area contributed by atoms with Gasteiger partial charge < -0.3 is 9.84 Å². The van der Waals surface area contributed by atoms with Gasteiger partial charge in [0.1, 0.15) is 0 Å². The Bertz CT molecular complexity index is 1090. The maximum absolute atomic E-state index is 13.2. The van der Waals surface area contributed by atoms with Gasteiger partial charge in [0, 0.05) is 18.4 Å². The second kappa shape index (κ2) is 9.08. The number of sulfonamides is 1. The average Bonchev–Trinajstić information content (AvgIpc) is 3.37. The normalized spacial score (nSPS) is 11.7. The smallest absolute Gasteiger partial charge is 0.243 e. The zero-order valence-corrected chi connectivity index (χ0v) is 18.5. The van der Waals surface area contributed by atoms with Gasteiger partial charge >= 0.3 is 0 Å². The van der Waals surface area contributed by atoms with E-state index in [1.54, 1.807) is 13.0 Å². The van der Waals surface area contributed by atoms with Gasteiger partial charge in [0.25, 0.3) is 0 Å². The van der Waals surface area contributed by atoms with Crippen molar-refractivity contribution in [3.8, 4) is 10.7 Å². The highest BCUT2D eigenvalue weighted by Gasteiger charge is 2.26. The molecule has 1 N–H and O–H groups in total. The Morgan fingerprint density at radius 1 is 1.34 bits per heavy atom. The van der Waals surface area contributed by atoms with Crippen LogP contribution in [-0.4, -0.2) is 41.6 Å². The van der Waals surface area contributed by atoms with Crippen LogP contribution in [0.3, 0.4) is 0 Å². The quantitative estimate of drug-likeness (QED) is 0.520. The van der Waals surface area contributed by atoms with Crippen LogP contribution in [0.2, 0.25) is 0 Å². The molecule has 0 aliphatic carbocycles. The summed E-state index contributed by atoms with van der Waals surface area (Å²) in [7, 11) is -3.83. The number of amides is 1. The Kier molecular flexibility index (Phi) is 6.73. The molecule has 0 radical (unpaired) electrons. The summed E-state index contributed by atoms with van der Waals surface area (Å²) >= 11 is 2.89. The lowest BCUT2D eigenvalue weighted by Gasteiger charge is -2.19. The molecule has 154 valence electrons. The SMILES string of the molecule is CCN(Cc1nc(-c2cccs2)no1)S(=O)(=O)c1ccc(SC)c(NC(C)=O)c1. The van der Waals surface area contributed by atoms with Crippen molar-refractivity contribution in [2.75, 3.05) is 18.1 Å². The number of carbonyl (C=O) groups excluding carboxylic acids is 1. The summed E-state index contributed by atoms with van der Waals surface area (Å²) in [5.74, 6) is 0.372. The van der Waals surface area contributed by atoms with Crippen LogP contribution in [0.5, 0.6) is 0 Å². The first-order valence-electron chi connectivity index (χ1n) is 8.67. The zero-order chi connectivity index (χ0) is 21.0. The fourth-order valence-electron chi connectivity index (χ4n) is 2.63. The molecule has 29 heavy (non-hydrogen) atoms. The summed E-state index contributed by atoms with van der Waals surface area (Å²) in [6, 6.07) is 8.42. The summed E-state index contributed by atoms with van der Waals surface area (Å²) in [6.45, 7) is 3.29. The van der Waals surface area contributed by atoms with Crippen molar-refractivity contribution in [1.82, 2.24) is 14.4 Å². The molecule has 2 aromatic heterocycles. The molecule has 11 heteroatoms. The number of thiophene rings is 1. The molecular weight excluding hydrogens is 432 g/mol. The summed E-state index contributed by atoms with van der Waals surface area (Å²) < 4.78 is 32.8. The molecular formula is C18H20N4O4S3. The number of hydrogen-bond donors (Lipinski definition) is 1. The van der Waals surface area contributed by atoms with Gasteiger partial charge in [-0.15, -0.1) is 23.1 Å². The standard InChI is InChI=1S/C18H20N4O4S3/c1-4-22(11-17-20-18(21-26-17)16-6-5-9-28-16)29(24,25)13-7-8-15(27-3)14(10-13)19-12(2)23/h5-10H,4,11H2,1-3H3,(H,19,23). The van der Waals surface area contributed by atoms with E-state index in [0.717, 1.165) is 9.77 Å². The van der Waals surface area contributed by atoms with Crippen LogP contribution in [-0.2, 0) is 21.4 Å². The van der Waals surface area contributed by atoms with Gasteiger partial charge in [-0.05, 0) is 35.9 Å². The lowest BCUT2D eigenvalue weighted by Crippen LogP contribution is -2.30. The van der Waals surface area contributed by atoms with E-state index >= 15 is 0 Å². The Hall–Kier alpha value is -2.21. The Balaban J connectivity index is 1.87. The van der Waals surface area contributed by atoms with Crippen molar-refractivity contribution in [2.24, 2.45) is 0 Å². The lowest BCUT2D eigenvalue weighted by atomic mass is 10.3. The van der Waals surface area contributed by atoms with Gasteiger partial charge in [0.2, 0.25) is 27.6 Å². The summed E-state index contributed by atoms with van der Waals surface area (Å²) in [4.78, 5) is 17.5. The van der Waals surface area contributed by atoms with E-state index in [4.69, 9.17) is 4.52 Å². The third kappa shape index (κ3) is 4.86. The number of aromatic nitrogens is 2. The van der Waals surface area contributed by atoms with Gasteiger partial charge in [0.15, 0.2) is 0 Å².